The molecule has 0 atom stereocenters. The monoisotopic (exact) mass is 290 g/mol. The van der Waals surface area contributed by atoms with Crippen LogP contribution in [-0.2, 0) is 6.54 Å². The molecular weight excluding hydrogens is 263 g/mol. The molecule has 0 bridgehead atoms. The summed E-state index contributed by atoms with van der Waals surface area (Å²) in [4.78, 5) is 2.24. The summed E-state index contributed by atoms with van der Waals surface area (Å²) in [5.41, 5.74) is 2.23. The van der Waals surface area contributed by atoms with Crippen molar-refractivity contribution in [3.05, 3.63) is 29.6 Å². The lowest BCUT2D eigenvalue weighted by molar-refractivity contribution is 0.301. The normalized spacial score (nSPS) is 21.0. The van der Waals surface area contributed by atoms with Gasteiger partial charge < -0.3 is 10.2 Å². The number of nitrogens with one attached hydrogen (secondary N) is 1. The van der Waals surface area contributed by atoms with Gasteiger partial charge in [0, 0.05) is 25.7 Å². The quantitative estimate of drug-likeness (QED) is 0.848. The zero-order valence-corrected chi connectivity index (χ0v) is 13.3. The maximum Gasteiger partial charge on any atom is 0.146 e. The molecule has 1 aromatic rings. The number of nitrogens with zero attached hydrogens (tertiary/aromatic N) is 1. The van der Waals surface area contributed by atoms with Crippen LogP contribution >= 0.6 is 0 Å². The van der Waals surface area contributed by atoms with Crippen LogP contribution in [0.1, 0.15) is 51.5 Å². The van der Waals surface area contributed by atoms with E-state index < -0.39 is 0 Å². The number of anilines is 1. The Labute approximate surface area is 127 Å². The Morgan fingerprint density at radius 1 is 1.29 bits per heavy atom. The van der Waals surface area contributed by atoms with Gasteiger partial charge in [0.05, 0.1) is 5.69 Å². The molecule has 0 amide bonds. The van der Waals surface area contributed by atoms with Crippen molar-refractivity contribution in [2.45, 2.75) is 58.5 Å². The Kier molecular flexibility index (Phi) is 4.21. The minimum atomic E-state index is -0.0619. The molecule has 1 aliphatic carbocycles. The minimum absolute atomic E-state index is 0.0619. The topological polar surface area (TPSA) is 15.3 Å². The molecule has 3 rings (SSSR count). The summed E-state index contributed by atoms with van der Waals surface area (Å²) < 4.78 is 14.4. The fourth-order valence-corrected chi connectivity index (χ4v) is 3.43. The smallest absolute Gasteiger partial charge is 0.146 e. The maximum atomic E-state index is 14.4. The molecule has 116 valence electrons. The fourth-order valence-electron chi connectivity index (χ4n) is 3.43. The molecule has 2 aliphatic rings. The summed E-state index contributed by atoms with van der Waals surface area (Å²) >= 11 is 0. The van der Waals surface area contributed by atoms with E-state index in [1.165, 1.54) is 32.1 Å². The molecule has 0 radical (unpaired) electrons. The van der Waals surface area contributed by atoms with Crippen molar-refractivity contribution in [1.29, 1.82) is 0 Å². The SMILES string of the molecule is CCC1(CC)CCN(c2ccc(CNC3CC3)cc2F)C1. The van der Waals surface area contributed by atoms with Crippen molar-refractivity contribution in [1.82, 2.24) is 5.32 Å². The lowest BCUT2D eigenvalue weighted by Crippen LogP contribution is -2.26. The first-order chi connectivity index (χ1) is 10.2. The van der Waals surface area contributed by atoms with Crippen molar-refractivity contribution in [3.63, 3.8) is 0 Å². The number of rotatable bonds is 6. The predicted octanol–water partition coefficient (Wildman–Crippen LogP) is 4.09. The Hall–Kier alpha value is -1.09. The first-order valence-corrected chi connectivity index (χ1v) is 8.42. The molecule has 0 aromatic heterocycles. The number of halogens is 1. The Bertz CT molecular complexity index is 492. The van der Waals surface area contributed by atoms with Gasteiger partial charge in [-0.05, 0) is 55.2 Å². The molecule has 2 nitrogen and oxygen atoms in total. The average Bonchev–Trinajstić information content (AvgIpc) is 3.24. The number of benzene rings is 1. The van der Waals surface area contributed by atoms with Gasteiger partial charge in [-0.25, -0.2) is 4.39 Å². The van der Waals surface area contributed by atoms with Crippen molar-refractivity contribution in [2.24, 2.45) is 5.41 Å². The van der Waals surface area contributed by atoms with E-state index in [4.69, 9.17) is 0 Å². The van der Waals surface area contributed by atoms with Crippen LogP contribution in [0.2, 0.25) is 0 Å². The van der Waals surface area contributed by atoms with Gasteiger partial charge in [-0.1, -0.05) is 19.9 Å². The lowest BCUT2D eigenvalue weighted by atomic mass is 9.82. The summed E-state index contributed by atoms with van der Waals surface area (Å²) in [5.74, 6) is -0.0619. The molecule has 1 aromatic carbocycles. The van der Waals surface area contributed by atoms with Crippen LogP contribution in [-0.4, -0.2) is 19.1 Å². The third-order valence-corrected chi connectivity index (χ3v) is 5.46. The van der Waals surface area contributed by atoms with Gasteiger partial charge in [0.1, 0.15) is 5.82 Å². The van der Waals surface area contributed by atoms with Crippen LogP contribution in [0.3, 0.4) is 0 Å². The molecule has 21 heavy (non-hydrogen) atoms. The van der Waals surface area contributed by atoms with E-state index in [1.54, 1.807) is 6.07 Å². The van der Waals surface area contributed by atoms with E-state index in [0.717, 1.165) is 30.9 Å². The van der Waals surface area contributed by atoms with Gasteiger partial charge in [-0.2, -0.15) is 0 Å². The molecule has 1 N–H and O–H groups in total. The van der Waals surface area contributed by atoms with E-state index in [0.29, 0.717) is 11.5 Å². The number of hydrogen-bond donors (Lipinski definition) is 1. The van der Waals surface area contributed by atoms with Gasteiger partial charge in [-0.15, -0.1) is 0 Å². The van der Waals surface area contributed by atoms with Crippen LogP contribution in [0.4, 0.5) is 10.1 Å². The van der Waals surface area contributed by atoms with Crippen molar-refractivity contribution in [3.8, 4) is 0 Å². The largest absolute Gasteiger partial charge is 0.369 e. The van der Waals surface area contributed by atoms with E-state index in [-0.39, 0.29) is 5.82 Å². The highest BCUT2D eigenvalue weighted by Crippen LogP contribution is 2.39. The minimum Gasteiger partial charge on any atom is -0.369 e. The Morgan fingerprint density at radius 2 is 2.05 bits per heavy atom. The fraction of sp³-hybridized carbons (Fsp3) is 0.667. The standard InChI is InChI=1S/C18H27FN2/c1-3-18(4-2)9-10-21(13-18)17-8-5-14(11-16(17)19)12-20-15-6-7-15/h5,8,11,15,20H,3-4,6-7,9-10,12-13H2,1-2H3. The highest BCUT2D eigenvalue weighted by molar-refractivity contribution is 5.50. The molecule has 1 saturated carbocycles. The van der Waals surface area contributed by atoms with Crippen LogP contribution in [0.25, 0.3) is 0 Å². The molecule has 1 heterocycles. The van der Waals surface area contributed by atoms with Crippen molar-refractivity contribution >= 4 is 5.69 Å². The second-order valence-corrected chi connectivity index (χ2v) is 6.82. The summed E-state index contributed by atoms with van der Waals surface area (Å²) in [7, 11) is 0. The van der Waals surface area contributed by atoms with Gasteiger partial charge in [-0.3, -0.25) is 0 Å². The highest BCUT2D eigenvalue weighted by atomic mass is 19.1. The zero-order chi connectivity index (χ0) is 14.9. The van der Waals surface area contributed by atoms with Crippen molar-refractivity contribution < 1.29 is 4.39 Å². The van der Waals surface area contributed by atoms with E-state index in [2.05, 4.69) is 30.1 Å². The molecule has 0 unspecified atom stereocenters. The van der Waals surface area contributed by atoms with Gasteiger partial charge in [0.15, 0.2) is 0 Å². The summed E-state index contributed by atoms with van der Waals surface area (Å²) in [6, 6.07) is 6.43. The van der Waals surface area contributed by atoms with Crippen LogP contribution < -0.4 is 10.2 Å². The molecule has 3 heteroatoms. The second kappa shape index (κ2) is 5.96. The van der Waals surface area contributed by atoms with Gasteiger partial charge >= 0.3 is 0 Å². The Balaban J connectivity index is 1.68. The van der Waals surface area contributed by atoms with E-state index in [1.807, 2.05) is 6.07 Å². The predicted molar refractivity (Wildman–Crippen MR) is 86.1 cm³/mol. The van der Waals surface area contributed by atoms with Crippen LogP contribution in [0, 0.1) is 11.2 Å². The van der Waals surface area contributed by atoms with Crippen LogP contribution in [0.15, 0.2) is 18.2 Å². The van der Waals surface area contributed by atoms with E-state index in [9.17, 15) is 4.39 Å². The first-order valence-electron chi connectivity index (χ1n) is 8.42. The van der Waals surface area contributed by atoms with E-state index >= 15 is 0 Å². The van der Waals surface area contributed by atoms with Gasteiger partial charge in [0.25, 0.3) is 0 Å². The second-order valence-electron chi connectivity index (χ2n) is 6.82. The third kappa shape index (κ3) is 3.23. The number of hydrogen-bond acceptors (Lipinski definition) is 2. The lowest BCUT2D eigenvalue weighted by Gasteiger charge is -2.27. The Morgan fingerprint density at radius 3 is 2.62 bits per heavy atom. The van der Waals surface area contributed by atoms with Gasteiger partial charge in [0.2, 0.25) is 0 Å². The third-order valence-electron chi connectivity index (χ3n) is 5.46. The molecular formula is C18H27FN2. The molecule has 2 fully saturated rings. The average molecular weight is 290 g/mol. The highest BCUT2D eigenvalue weighted by Gasteiger charge is 2.35. The molecule has 0 spiro atoms. The zero-order valence-electron chi connectivity index (χ0n) is 13.3. The maximum absolute atomic E-state index is 14.4. The summed E-state index contributed by atoms with van der Waals surface area (Å²) in [5, 5.41) is 3.44. The molecule has 1 aliphatic heterocycles. The van der Waals surface area contributed by atoms with Crippen LogP contribution in [0.5, 0.6) is 0 Å². The summed E-state index contributed by atoms with van der Waals surface area (Å²) in [6.45, 7) is 7.29. The summed E-state index contributed by atoms with van der Waals surface area (Å²) in [6.07, 6.45) is 6.09. The first kappa shape index (κ1) is 14.8. The molecule has 1 saturated heterocycles. The van der Waals surface area contributed by atoms with Crippen molar-refractivity contribution in [2.75, 3.05) is 18.0 Å².